The summed E-state index contributed by atoms with van der Waals surface area (Å²) >= 11 is 7.89. The fourth-order valence-corrected chi connectivity index (χ4v) is 1.40. The smallest absolute Gasteiger partial charge is 0.396 e. The molecule has 1 aromatic heterocycles. The second-order valence-corrected chi connectivity index (χ2v) is 3.91. The molecule has 0 fully saturated rings. The van der Waals surface area contributed by atoms with E-state index in [0.717, 1.165) is 4.55 Å². The highest BCUT2D eigenvalue weighted by molar-refractivity contribution is 14.1. The number of nitrogens with zero attached hydrogens (tertiary/aromatic N) is 2. The maximum atomic E-state index is 10.1. The van der Waals surface area contributed by atoms with Crippen molar-refractivity contribution in [2.24, 2.45) is 0 Å². The summed E-state index contributed by atoms with van der Waals surface area (Å²) in [6, 6.07) is 1.85. The summed E-state index contributed by atoms with van der Waals surface area (Å²) in [5.74, 6) is 0. The highest BCUT2D eigenvalue weighted by Gasteiger charge is 2.02. The van der Waals surface area contributed by atoms with Gasteiger partial charge in [0.2, 0.25) is 10.4 Å². The van der Waals surface area contributed by atoms with Gasteiger partial charge < -0.3 is 4.55 Å². The van der Waals surface area contributed by atoms with Crippen LogP contribution in [0.1, 0.15) is 0 Å². The second kappa shape index (κ2) is 7.22. The van der Waals surface area contributed by atoms with Gasteiger partial charge in [-0.2, -0.15) is 0 Å². The van der Waals surface area contributed by atoms with Crippen LogP contribution >= 0.6 is 34.2 Å². The van der Waals surface area contributed by atoms with Crippen molar-refractivity contribution < 1.29 is 26.5 Å². The number of alkyl halides is 1. The first-order valence-corrected chi connectivity index (χ1v) is 6.46. The molecule has 0 amide bonds. The van der Waals surface area contributed by atoms with E-state index < -0.39 is 10.4 Å². The zero-order chi connectivity index (χ0) is 11.9. The van der Waals surface area contributed by atoms with E-state index in [2.05, 4.69) is 27.6 Å². The summed E-state index contributed by atoms with van der Waals surface area (Å²) in [5, 5.41) is 0.534. The maximum Gasteiger partial charge on any atom is 0.396 e. The minimum Gasteiger partial charge on any atom is -0.724 e. The molecule has 0 radical (unpaired) electrons. The van der Waals surface area contributed by atoms with E-state index in [4.69, 9.17) is 24.6 Å². The van der Waals surface area contributed by atoms with Crippen molar-refractivity contribution >= 4 is 44.6 Å². The molecule has 15 heavy (non-hydrogen) atoms. The zero-order valence-electron chi connectivity index (χ0n) is 7.01. The van der Waals surface area contributed by atoms with Crippen molar-refractivity contribution in [3.63, 3.8) is 0 Å². The molecule has 0 aromatic carbocycles. The fraction of sp³-hybridized carbons (Fsp3) is 0.200. The molecule has 0 aliphatic rings. The highest BCUT2D eigenvalue weighted by Crippen LogP contribution is 1.94. The molecular formula is C5H5ClFIN2O4S. The molecule has 10 heteroatoms. The summed E-state index contributed by atoms with van der Waals surface area (Å²) in [6.07, 6.45) is 3.56. The van der Waals surface area contributed by atoms with Crippen molar-refractivity contribution in [2.75, 3.05) is 0 Å². The monoisotopic (exact) mass is 370 g/mol. The molecule has 1 aromatic rings. The highest BCUT2D eigenvalue weighted by atomic mass is 127. The molecule has 0 atom stereocenters. The number of halogens is 3. The summed E-state index contributed by atoms with van der Waals surface area (Å²) < 4.78 is 41.2. The van der Waals surface area contributed by atoms with Gasteiger partial charge in [0.1, 0.15) is 10.7 Å². The van der Waals surface area contributed by atoms with Crippen molar-refractivity contribution in [2.45, 2.75) is 4.55 Å². The van der Waals surface area contributed by atoms with E-state index in [1.807, 2.05) is 21.2 Å². The van der Waals surface area contributed by atoms with Gasteiger partial charge in [-0.05, 0) is 32.1 Å². The average molecular weight is 371 g/mol. The van der Waals surface area contributed by atoms with E-state index in [1.165, 1.54) is 0 Å². The Morgan fingerprint density at radius 1 is 1.73 bits per heavy atom. The normalized spacial score (nSPS) is 10.4. The fourth-order valence-electron chi connectivity index (χ4n) is 0.472. The molecule has 1 rings (SSSR count). The molecule has 0 saturated carbocycles. The third kappa shape index (κ3) is 7.79. The Hall–Kier alpha value is -0.100. The average Bonchev–Trinajstić information content (AvgIpc) is 2.18. The van der Waals surface area contributed by atoms with Gasteiger partial charge in [0.15, 0.2) is 0 Å². The molecule has 0 aliphatic heterocycles. The molecule has 0 bridgehead atoms. The number of hydrogen-bond donors (Lipinski definition) is 0. The molecule has 0 unspecified atom stereocenters. The molecular weight excluding hydrogens is 365 g/mol. The standard InChI is InChI=1S/C5H5ClIN2.FHO4S/c6-5-8-2-1-3-9(5)4-7;1-5-6(2,3)4/h1-3H,4H2;(H,2,3,4)/q+1;/p-1. The molecule has 0 spiro atoms. The van der Waals surface area contributed by atoms with Gasteiger partial charge in [0, 0.05) is 17.7 Å². The van der Waals surface area contributed by atoms with Crippen molar-refractivity contribution in [1.82, 2.24) is 4.98 Å². The Kier molecular flexibility index (Phi) is 7.17. The van der Waals surface area contributed by atoms with Gasteiger partial charge >= 0.3 is 5.28 Å². The third-order valence-electron chi connectivity index (χ3n) is 0.976. The van der Waals surface area contributed by atoms with Crippen LogP contribution in [0, 0.1) is 0 Å². The first kappa shape index (κ1) is 14.9. The third-order valence-corrected chi connectivity index (χ3v) is 2.18. The molecule has 0 N–H and O–H groups in total. The lowest BCUT2D eigenvalue weighted by Gasteiger charge is -1.92. The van der Waals surface area contributed by atoms with E-state index >= 15 is 0 Å². The summed E-state index contributed by atoms with van der Waals surface area (Å²) in [5.41, 5.74) is 0. The van der Waals surface area contributed by atoms with Crippen LogP contribution in [0.4, 0.5) is 4.53 Å². The Morgan fingerprint density at radius 3 is 2.53 bits per heavy atom. The van der Waals surface area contributed by atoms with Crippen LogP contribution in [0.3, 0.4) is 0 Å². The molecule has 0 aliphatic carbocycles. The largest absolute Gasteiger partial charge is 0.724 e. The van der Waals surface area contributed by atoms with Gasteiger partial charge in [-0.1, -0.05) is 4.39 Å². The van der Waals surface area contributed by atoms with Crippen LogP contribution in [0.25, 0.3) is 0 Å². The lowest BCUT2D eigenvalue weighted by Crippen LogP contribution is -2.32. The Bertz CT molecular complexity index is 404. The summed E-state index contributed by atoms with van der Waals surface area (Å²) in [7, 11) is -5.08. The minimum atomic E-state index is -5.08. The topological polar surface area (TPSA) is 83.2 Å². The van der Waals surface area contributed by atoms with Gasteiger partial charge in [-0.3, -0.25) is 0 Å². The minimum absolute atomic E-state index is 0.534. The van der Waals surface area contributed by atoms with Crippen molar-refractivity contribution in [1.29, 1.82) is 0 Å². The number of aromatic nitrogens is 2. The SMILES string of the molecule is Clc1nccc[n+]1CI.O=S(=O)([O-])OF. The Labute approximate surface area is 104 Å². The molecule has 6 nitrogen and oxygen atoms in total. The van der Waals surface area contributed by atoms with E-state index in [0.29, 0.717) is 5.28 Å². The van der Waals surface area contributed by atoms with Crippen LogP contribution in [0.2, 0.25) is 5.28 Å². The zero-order valence-corrected chi connectivity index (χ0v) is 10.7. The first-order valence-electron chi connectivity index (χ1n) is 3.22. The quantitative estimate of drug-likeness (QED) is 0.192. The van der Waals surface area contributed by atoms with Crippen molar-refractivity contribution in [3.8, 4) is 0 Å². The maximum absolute atomic E-state index is 10.1. The summed E-state index contributed by atoms with van der Waals surface area (Å²) in [4.78, 5) is 3.87. The van der Waals surface area contributed by atoms with Gasteiger partial charge in [-0.25, -0.2) is 13.0 Å². The van der Waals surface area contributed by atoms with Crippen LogP contribution in [0.5, 0.6) is 0 Å². The molecule has 86 valence electrons. The van der Waals surface area contributed by atoms with Gasteiger partial charge in [0.05, 0.1) is 6.20 Å². The second-order valence-electron chi connectivity index (χ2n) is 1.95. The van der Waals surface area contributed by atoms with Crippen molar-refractivity contribution in [3.05, 3.63) is 23.7 Å². The van der Waals surface area contributed by atoms with Gasteiger partial charge in [-0.15, -0.1) is 0 Å². The van der Waals surface area contributed by atoms with E-state index in [1.54, 1.807) is 6.20 Å². The predicted octanol–water partition coefficient (Wildman–Crippen LogP) is 0.763. The molecule has 0 saturated heterocycles. The van der Waals surface area contributed by atoms with E-state index in [-0.39, 0.29) is 0 Å². The number of hydrogen-bond acceptors (Lipinski definition) is 5. The predicted molar refractivity (Wildman–Crippen MR) is 55.4 cm³/mol. The van der Waals surface area contributed by atoms with Crippen LogP contribution in [0.15, 0.2) is 18.5 Å². The first-order chi connectivity index (χ1) is 6.90. The Morgan fingerprint density at radius 2 is 2.27 bits per heavy atom. The van der Waals surface area contributed by atoms with Crippen LogP contribution in [-0.4, -0.2) is 18.0 Å². The summed E-state index contributed by atoms with van der Waals surface area (Å²) in [6.45, 7) is 0. The lowest BCUT2D eigenvalue weighted by atomic mass is 10.7. The van der Waals surface area contributed by atoms with Crippen LogP contribution in [-0.2, 0) is 19.3 Å². The van der Waals surface area contributed by atoms with Gasteiger partial charge in [0.25, 0.3) is 0 Å². The van der Waals surface area contributed by atoms with Crippen LogP contribution < -0.4 is 4.57 Å². The Balaban J connectivity index is 0.000000288. The lowest BCUT2D eigenvalue weighted by molar-refractivity contribution is -0.671. The number of rotatable bonds is 2. The molecule has 1 heterocycles. The van der Waals surface area contributed by atoms with E-state index in [9.17, 15) is 4.53 Å².